The Hall–Kier alpha value is -2.08. The minimum absolute atomic E-state index is 0.131. The van der Waals surface area contributed by atoms with Gasteiger partial charge in [-0.3, -0.25) is 4.99 Å². The number of rotatable bonds is 8. The molecule has 2 N–H and O–H groups in total. The number of halogens is 1. The highest BCUT2D eigenvalue weighted by Crippen LogP contribution is 2.48. The van der Waals surface area contributed by atoms with E-state index in [1.807, 2.05) is 12.1 Å². The first kappa shape index (κ1) is 19.7. The second-order valence-corrected chi connectivity index (χ2v) is 7.80. The molecule has 1 fully saturated rings. The van der Waals surface area contributed by atoms with Crippen molar-refractivity contribution in [2.75, 3.05) is 19.6 Å². The molecule has 1 aliphatic rings. The Morgan fingerprint density at radius 3 is 2.78 bits per heavy atom. The van der Waals surface area contributed by atoms with E-state index in [0.717, 1.165) is 42.7 Å². The summed E-state index contributed by atoms with van der Waals surface area (Å²) in [6.45, 7) is 8.42. The van der Waals surface area contributed by atoms with Crippen molar-refractivity contribution in [1.82, 2.24) is 20.8 Å². The Kier molecular flexibility index (Phi) is 6.37. The summed E-state index contributed by atoms with van der Waals surface area (Å²) in [6, 6.07) is 8.14. The van der Waals surface area contributed by atoms with Crippen molar-refractivity contribution in [3.63, 3.8) is 0 Å². The lowest BCUT2D eigenvalue weighted by Gasteiger charge is -2.16. The first-order valence-corrected chi connectivity index (χ1v) is 10.0. The molecule has 0 aliphatic heterocycles. The summed E-state index contributed by atoms with van der Waals surface area (Å²) >= 11 is 6.16. The van der Waals surface area contributed by atoms with Gasteiger partial charge in [0.15, 0.2) is 11.8 Å². The van der Waals surface area contributed by atoms with Crippen molar-refractivity contribution in [2.45, 2.75) is 51.4 Å². The Morgan fingerprint density at radius 2 is 2.15 bits per heavy atom. The van der Waals surface area contributed by atoms with Crippen LogP contribution in [0.1, 0.15) is 56.8 Å². The maximum atomic E-state index is 6.16. The molecular weight excluding hydrogens is 362 g/mol. The Balaban J connectivity index is 1.56. The zero-order valence-electron chi connectivity index (χ0n) is 16.3. The van der Waals surface area contributed by atoms with Crippen molar-refractivity contribution in [1.29, 1.82) is 0 Å². The average Bonchev–Trinajstić information content (AvgIpc) is 3.29. The highest BCUT2D eigenvalue weighted by molar-refractivity contribution is 6.30. The third kappa shape index (κ3) is 5.22. The smallest absolute Gasteiger partial charge is 0.228 e. The molecule has 0 saturated heterocycles. The van der Waals surface area contributed by atoms with Crippen LogP contribution in [-0.2, 0) is 11.8 Å². The molecule has 1 aliphatic carbocycles. The minimum atomic E-state index is 0.131. The van der Waals surface area contributed by atoms with Gasteiger partial charge in [-0.1, -0.05) is 42.7 Å². The topological polar surface area (TPSA) is 75.3 Å². The predicted octanol–water partition coefficient (Wildman–Crippen LogP) is 3.68. The normalized spacial score (nSPS) is 15.8. The van der Waals surface area contributed by atoms with Crippen molar-refractivity contribution in [3.05, 3.63) is 46.6 Å². The summed E-state index contributed by atoms with van der Waals surface area (Å²) in [5.74, 6) is 2.49. The quantitative estimate of drug-likeness (QED) is 0.532. The molecule has 3 rings (SSSR count). The molecule has 1 saturated carbocycles. The van der Waals surface area contributed by atoms with E-state index in [4.69, 9.17) is 21.1 Å². The zero-order valence-corrected chi connectivity index (χ0v) is 17.0. The van der Waals surface area contributed by atoms with Crippen LogP contribution in [-0.4, -0.2) is 35.7 Å². The summed E-state index contributed by atoms with van der Waals surface area (Å²) in [5.41, 5.74) is 1.41. The van der Waals surface area contributed by atoms with Gasteiger partial charge in [0.1, 0.15) is 0 Å². The fourth-order valence-electron chi connectivity index (χ4n) is 2.97. The summed E-state index contributed by atoms with van der Waals surface area (Å²) in [6.07, 6.45) is 2.97. The van der Waals surface area contributed by atoms with Crippen molar-refractivity contribution in [2.24, 2.45) is 4.99 Å². The second-order valence-electron chi connectivity index (χ2n) is 7.36. The lowest BCUT2D eigenvalue weighted by Crippen LogP contribution is -2.39. The largest absolute Gasteiger partial charge is 0.357 e. The number of aromatic nitrogens is 2. The van der Waals surface area contributed by atoms with Crippen LogP contribution in [0.5, 0.6) is 0 Å². The number of hydrogen-bond donors (Lipinski definition) is 2. The molecule has 0 radical (unpaired) electrons. The first-order chi connectivity index (χ1) is 13.0. The van der Waals surface area contributed by atoms with Gasteiger partial charge in [0.05, 0.1) is 6.54 Å². The number of nitrogens with one attached hydrogen (secondary N) is 2. The summed E-state index contributed by atoms with van der Waals surface area (Å²) < 4.78 is 5.29. The fourth-order valence-corrected chi connectivity index (χ4v) is 3.16. The maximum Gasteiger partial charge on any atom is 0.228 e. The lowest BCUT2D eigenvalue weighted by atomic mass is 9.96. The number of aliphatic imine (C=N–C) groups is 1. The van der Waals surface area contributed by atoms with Crippen LogP contribution in [0.4, 0.5) is 0 Å². The van der Waals surface area contributed by atoms with E-state index < -0.39 is 0 Å². The zero-order chi connectivity index (χ0) is 19.3. The van der Waals surface area contributed by atoms with E-state index in [1.165, 1.54) is 5.56 Å². The van der Waals surface area contributed by atoms with Crippen LogP contribution >= 0.6 is 11.6 Å². The van der Waals surface area contributed by atoms with Crippen LogP contribution in [0.3, 0.4) is 0 Å². The minimum Gasteiger partial charge on any atom is -0.357 e. The number of hydrogen-bond acceptors (Lipinski definition) is 4. The summed E-state index contributed by atoms with van der Waals surface area (Å²) in [4.78, 5) is 9.21. The number of nitrogens with zero attached hydrogens (tertiary/aromatic N) is 3. The SMILES string of the molecule is CCNC(=NCC1(c2cccc(Cl)c2)CC1)NCCc1nc(C(C)C)no1. The van der Waals surface area contributed by atoms with Gasteiger partial charge in [0.2, 0.25) is 5.89 Å². The monoisotopic (exact) mass is 389 g/mol. The van der Waals surface area contributed by atoms with Crippen LogP contribution < -0.4 is 10.6 Å². The van der Waals surface area contributed by atoms with Crippen molar-refractivity contribution in [3.8, 4) is 0 Å². The third-order valence-corrected chi connectivity index (χ3v) is 5.04. The van der Waals surface area contributed by atoms with E-state index in [9.17, 15) is 0 Å². The van der Waals surface area contributed by atoms with E-state index in [-0.39, 0.29) is 11.3 Å². The highest BCUT2D eigenvalue weighted by Gasteiger charge is 2.44. The molecule has 0 amide bonds. The lowest BCUT2D eigenvalue weighted by molar-refractivity contribution is 0.371. The van der Waals surface area contributed by atoms with Crippen molar-refractivity contribution >= 4 is 17.6 Å². The van der Waals surface area contributed by atoms with E-state index in [1.54, 1.807) is 0 Å². The van der Waals surface area contributed by atoms with E-state index in [2.05, 4.69) is 53.7 Å². The van der Waals surface area contributed by atoms with Gasteiger partial charge in [-0.25, -0.2) is 0 Å². The Labute approximate surface area is 165 Å². The van der Waals surface area contributed by atoms with Gasteiger partial charge in [-0.05, 0) is 37.5 Å². The molecule has 7 heteroatoms. The van der Waals surface area contributed by atoms with Gasteiger partial charge in [0.25, 0.3) is 0 Å². The summed E-state index contributed by atoms with van der Waals surface area (Å²) in [7, 11) is 0. The number of benzene rings is 1. The maximum absolute atomic E-state index is 6.16. The van der Waals surface area contributed by atoms with Crippen LogP contribution in [0, 0.1) is 0 Å². The van der Waals surface area contributed by atoms with Gasteiger partial charge in [-0.15, -0.1) is 0 Å². The average molecular weight is 390 g/mol. The van der Waals surface area contributed by atoms with Crippen LogP contribution in [0.25, 0.3) is 0 Å². The molecule has 1 aromatic carbocycles. The molecule has 146 valence electrons. The highest BCUT2D eigenvalue weighted by atomic mass is 35.5. The molecule has 0 bridgehead atoms. The molecule has 0 unspecified atom stereocenters. The Bertz CT molecular complexity index is 782. The predicted molar refractivity (Wildman–Crippen MR) is 108 cm³/mol. The Morgan fingerprint density at radius 1 is 1.33 bits per heavy atom. The first-order valence-electron chi connectivity index (χ1n) is 9.63. The summed E-state index contributed by atoms with van der Waals surface area (Å²) in [5, 5.41) is 11.4. The standard InChI is InChI=1S/C20H28ClN5O/c1-4-22-19(23-11-8-17-25-18(14(2)3)26-27-17)24-13-20(9-10-20)15-6-5-7-16(21)12-15/h5-7,12,14H,4,8-11,13H2,1-3H3,(H2,22,23,24). The molecule has 27 heavy (non-hydrogen) atoms. The second kappa shape index (κ2) is 8.74. The molecule has 0 spiro atoms. The van der Waals surface area contributed by atoms with Gasteiger partial charge < -0.3 is 15.2 Å². The van der Waals surface area contributed by atoms with E-state index >= 15 is 0 Å². The van der Waals surface area contributed by atoms with Gasteiger partial charge in [0, 0.05) is 35.9 Å². The third-order valence-electron chi connectivity index (χ3n) is 4.81. The fraction of sp³-hybridized carbons (Fsp3) is 0.550. The van der Waals surface area contributed by atoms with Crippen LogP contribution in [0.15, 0.2) is 33.8 Å². The van der Waals surface area contributed by atoms with Crippen LogP contribution in [0.2, 0.25) is 5.02 Å². The van der Waals surface area contributed by atoms with Gasteiger partial charge >= 0.3 is 0 Å². The molecule has 1 heterocycles. The molecule has 6 nitrogen and oxygen atoms in total. The van der Waals surface area contributed by atoms with Gasteiger partial charge in [-0.2, -0.15) is 4.98 Å². The molecule has 0 atom stereocenters. The number of guanidine groups is 1. The molecule has 1 aromatic heterocycles. The molecule has 2 aromatic rings. The molecular formula is C20H28ClN5O. The van der Waals surface area contributed by atoms with Crippen molar-refractivity contribution < 1.29 is 4.52 Å². The van der Waals surface area contributed by atoms with E-state index in [0.29, 0.717) is 18.9 Å².